The van der Waals surface area contributed by atoms with Crippen LogP contribution in [0.4, 0.5) is 18.9 Å². The predicted molar refractivity (Wildman–Crippen MR) is 113 cm³/mol. The predicted octanol–water partition coefficient (Wildman–Crippen LogP) is 6.24. The van der Waals surface area contributed by atoms with Gasteiger partial charge in [0, 0.05) is 5.02 Å². The Morgan fingerprint density at radius 3 is 2.60 bits per heavy atom. The first-order valence-electron chi connectivity index (χ1n) is 8.44. The molecule has 0 saturated carbocycles. The average molecular weight is 471 g/mol. The van der Waals surface area contributed by atoms with Crippen LogP contribution in [0.5, 0.6) is 0 Å². The third kappa shape index (κ3) is 3.76. The minimum atomic E-state index is -4.81. The van der Waals surface area contributed by atoms with Crippen LogP contribution in [-0.4, -0.2) is 20.5 Å². The van der Waals surface area contributed by atoms with Crippen molar-refractivity contribution in [1.29, 1.82) is 0 Å². The third-order valence-electron chi connectivity index (χ3n) is 4.21. The van der Waals surface area contributed by atoms with Crippen molar-refractivity contribution in [1.82, 2.24) is 14.8 Å². The highest BCUT2D eigenvalue weighted by molar-refractivity contribution is 7.20. The van der Waals surface area contributed by atoms with Gasteiger partial charge in [-0.15, -0.1) is 0 Å². The standard InChI is InChI=1S/C19H11Cl2F3N4OS/c1-9(25-12-7-6-10(20)8-11(12)21)15-16(19(22,23)24)27-28(17(15)29)18-26-13-4-2-3-5-14(13)30-18/h2-8,27H,1H3. The lowest BCUT2D eigenvalue weighted by Crippen LogP contribution is -2.20. The first-order chi connectivity index (χ1) is 14.1. The summed E-state index contributed by atoms with van der Waals surface area (Å²) in [7, 11) is 0. The highest BCUT2D eigenvalue weighted by Crippen LogP contribution is 2.33. The number of rotatable bonds is 3. The Hall–Kier alpha value is -2.62. The van der Waals surface area contributed by atoms with E-state index < -0.39 is 23.0 Å². The zero-order chi connectivity index (χ0) is 21.6. The quantitative estimate of drug-likeness (QED) is 0.360. The highest BCUT2D eigenvalue weighted by Gasteiger charge is 2.39. The number of nitrogens with one attached hydrogen (secondary N) is 1. The van der Waals surface area contributed by atoms with Crippen LogP contribution in [0.15, 0.2) is 52.3 Å². The Kier molecular flexibility index (Phi) is 5.21. The number of fused-ring (bicyclic) bond motifs is 1. The van der Waals surface area contributed by atoms with Gasteiger partial charge in [0.05, 0.1) is 32.2 Å². The molecule has 4 aromatic rings. The van der Waals surface area contributed by atoms with E-state index in [2.05, 4.69) is 15.1 Å². The Labute approximate surface area is 181 Å². The molecule has 0 amide bonds. The molecule has 4 rings (SSSR count). The number of benzene rings is 2. The Morgan fingerprint density at radius 1 is 1.20 bits per heavy atom. The number of aliphatic imine (C=N–C) groups is 1. The molecule has 0 radical (unpaired) electrons. The summed E-state index contributed by atoms with van der Waals surface area (Å²) in [4.78, 5) is 21.3. The lowest BCUT2D eigenvalue weighted by Gasteiger charge is -2.06. The van der Waals surface area contributed by atoms with Crippen molar-refractivity contribution >= 4 is 56.2 Å². The van der Waals surface area contributed by atoms with E-state index in [4.69, 9.17) is 23.2 Å². The van der Waals surface area contributed by atoms with Crippen molar-refractivity contribution in [3.8, 4) is 5.13 Å². The van der Waals surface area contributed by atoms with Crippen LogP contribution in [-0.2, 0) is 6.18 Å². The molecular formula is C19H11Cl2F3N4OS. The number of hydrogen-bond acceptors (Lipinski definition) is 4. The van der Waals surface area contributed by atoms with E-state index in [1.54, 1.807) is 24.3 Å². The van der Waals surface area contributed by atoms with Gasteiger partial charge in [-0.1, -0.05) is 46.7 Å². The minimum Gasteiger partial charge on any atom is -0.284 e. The second-order valence-corrected chi connectivity index (χ2v) is 8.11. The SMILES string of the molecule is CC(=Nc1ccc(Cl)cc1Cl)c1c(C(F)(F)F)[nH]n(-c2nc3ccccc3s2)c1=O. The van der Waals surface area contributed by atoms with Gasteiger partial charge < -0.3 is 0 Å². The summed E-state index contributed by atoms with van der Waals surface area (Å²) in [5.41, 5.74) is -2.10. The van der Waals surface area contributed by atoms with Gasteiger partial charge in [-0.25, -0.2) is 4.98 Å². The van der Waals surface area contributed by atoms with Gasteiger partial charge in [0.2, 0.25) is 5.13 Å². The molecule has 0 aliphatic rings. The summed E-state index contributed by atoms with van der Waals surface area (Å²) < 4.78 is 42.6. The third-order valence-corrected chi connectivity index (χ3v) is 5.77. The summed E-state index contributed by atoms with van der Waals surface area (Å²) in [6.07, 6.45) is -4.81. The molecule has 154 valence electrons. The van der Waals surface area contributed by atoms with Crippen LogP contribution < -0.4 is 5.56 Å². The molecule has 0 aliphatic carbocycles. The van der Waals surface area contributed by atoms with Crippen molar-refractivity contribution in [3.63, 3.8) is 0 Å². The minimum absolute atomic E-state index is 0.0928. The van der Waals surface area contributed by atoms with Crippen LogP contribution >= 0.6 is 34.5 Å². The van der Waals surface area contributed by atoms with Crippen molar-refractivity contribution < 1.29 is 13.2 Å². The van der Waals surface area contributed by atoms with Gasteiger partial charge in [-0.2, -0.15) is 17.9 Å². The molecule has 0 unspecified atom stereocenters. The maximum atomic E-state index is 13.7. The zero-order valence-corrected chi connectivity index (χ0v) is 17.4. The van der Waals surface area contributed by atoms with Gasteiger partial charge in [-0.05, 0) is 37.3 Å². The highest BCUT2D eigenvalue weighted by atomic mass is 35.5. The maximum absolute atomic E-state index is 13.7. The second kappa shape index (κ2) is 7.57. The Bertz CT molecular complexity index is 1320. The van der Waals surface area contributed by atoms with Gasteiger partial charge >= 0.3 is 6.18 Å². The average Bonchev–Trinajstić information content (AvgIpc) is 3.24. The number of thiazole rings is 1. The maximum Gasteiger partial charge on any atom is 0.433 e. The van der Waals surface area contributed by atoms with Crippen LogP contribution in [0.2, 0.25) is 10.0 Å². The van der Waals surface area contributed by atoms with Crippen LogP contribution in [0.1, 0.15) is 18.2 Å². The molecule has 0 bridgehead atoms. The number of aromatic nitrogens is 3. The summed E-state index contributed by atoms with van der Waals surface area (Å²) in [5, 5.41) is 2.75. The molecule has 0 atom stereocenters. The first-order valence-corrected chi connectivity index (χ1v) is 10.0. The summed E-state index contributed by atoms with van der Waals surface area (Å²) in [6, 6.07) is 11.4. The van der Waals surface area contributed by atoms with E-state index in [-0.39, 0.29) is 21.6 Å². The molecule has 2 heterocycles. The Balaban J connectivity index is 1.90. The number of halogens is 5. The van der Waals surface area contributed by atoms with Gasteiger partial charge in [0.1, 0.15) is 0 Å². The fraction of sp³-hybridized carbons (Fsp3) is 0.105. The lowest BCUT2D eigenvalue weighted by molar-refractivity contribution is -0.141. The first kappa shape index (κ1) is 20.6. The molecular weight excluding hydrogens is 460 g/mol. The lowest BCUT2D eigenvalue weighted by atomic mass is 10.1. The summed E-state index contributed by atoms with van der Waals surface area (Å²) in [5.74, 6) is 0. The topological polar surface area (TPSA) is 63.0 Å². The van der Waals surface area contributed by atoms with Crippen molar-refractivity contribution in [2.45, 2.75) is 13.1 Å². The van der Waals surface area contributed by atoms with E-state index in [0.717, 1.165) is 20.7 Å². The van der Waals surface area contributed by atoms with Gasteiger partial charge in [0.15, 0.2) is 5.69 Å². The number of hydrogen-bond donors (Lipinski definition) is 1. The molecule has 0 saturated heterocycles. The van der Waals surface area contributed by atoms with Gasteiger partial charge in [0.25, 0.3) is 5.56 Å². The van der Waals surface area contributed by atoms with E-state index in [0.29, 0.717) is 10.5 Å². The number of H-pyrrole nitrogens is 1. The number of alkyl halides is 3. The van der Waals surface area contributed by atoms with Crippen LogP contribution in [0.3, 0.4) is 0 Å². The molecule has 2 aromatic heterocycles. The molecule has 30 heavy (non-hydrogen) atoms. The molecule has 1 N–H and O–H groups in total. The molecule has 0 aliphatic heterocycles. The molecule has 5 nitrogen and oxygen atoms in total. The largest absolute Gasteiger partial charge is 0.433 e. The fourth-order valence-corrected chi connectivity index (χ4v) is 4.25. The normalized spacial score (nSPS) is 12.7. The smallest absolute Gasteiger partial charge is 0.284 e. The second-order valence-electron chi connectivity index (χ2n) is 6.26. The van der Waals surface area contributed by atoms with E-state index in [1.165, 1.54) is 25.1 Å². The molecule has 2 aromatic carbocycles. The number of nitrogens with zero attached hydrogens (tertiary/aromatic N) is 3. The van der Waals surface area contributed by atoms with Crippen molar-refractivity contribution in [2.24, 2.45) is 4.99 Å². The van der Waals surface area contributed by atoms with Crippen LogP contribution in [0.25, 0.3) is 15.3 Å². The fourth-order valence-electron chi connectivity index (χ4n) is 2.88. The molecule has 0 spiro atoms. The van der Waals surface area contributed by atoms with Crippen molar-refractivity contribution in [3.05, 3.63) is 74.1 Å². The number of para-hydroxylation sites is 1. The monoisotopic (exact) mass is 470 g/mol. The Morgan fingerprint density at radius 2 is 1.93 bits per heavy atom. The van der Waals surface area contributed by atoms with Crippen LogP contribution in [0, 0.1) is 0 Å². The summed E-state index contributed by atoms with van der Waals surface area (Å²) in [6.45, 7) is 1.31. The summed E-state index contributed by atoms with van der Waals surface area (Å²) >= 11 is 13.0. The zero-order valence-electron chi connectivity index (χ0n) is 15.1. The van der Waals surface area contributed by atoms with E-state index >= 15 is 0 Å². The van der Waals surface area contributed by atoms with Gasteiger partial charge in [-0.3, -0.25) is 14.9 Å². The molecule has 11 heteroatoms. The van der Waals surface area contributed by atoms with Crippen molar-refractivity contribution in [2.75, 3.05) is 0 Å². The number of aromatic amines is 1. The van der Waals surface area contributed by atoms with E-state index in [9.17, 15) is 18.0 Å². The molecule has 0 fully saturated rings. The van der Waals surface area contributed by atoms with E-state index in [1.807, 2.05) is 0 Å².